The van der Waals surface area contributed by atoms with E-state index >= 15 is 0 Å². The third-order valence-electron chi connectivity index (χ3n) is 7.39. The first-order chi connectivity index (χ1) is 17.2. The van der Waals surface area contributed by atoms with Crippen molar-refractivity contribution in [3.63, 3.8) is 0 Å². The maximum absolute atomic E-state index is 12.1. The van der Waals surface area contributed by atoms with Gasteiger partial charge >= 0.3 is 5.97 Å². The van der Waals surface area contributed by atoms with Gasteiger partial charge in [0.2, 0.25) is 12.0 Å². The number of aryl methyl sites for hydroxylation is 1. The van der Waals surface area contributed by atoms with Gasteiger partial charge in [0.15, 0.2) is 16.9 Å². The average molecular weight is 511 g/mol. The molecule has 1 aromatic heterocycles. The van der Waals surface area contributed by atoms with E-state index in [1.54, 1.807) is 19.1 Å². The van der Waals surface area contributed by atoms with Crippen LogP contribution in [0, 0.1) is 5.92 Å². The van der Waals surface area contributed by atoms with E-state index in [1.807, 2.05) is 0 Å². The molecule has 5 N–H and O–H groups in total. The molecule has 4 rings (SSSR count). The van der Waals surface area contributed by atoms with Crippen LogP contribution in [0.4, 0.5) is 0 Å². The molecule has 0 spiro atoms. The molecule has 11 heteroatoms. The van der Waals surface area contributed by atoms with E-state index in [2.05, 4.69) is 0 Å². The van der Waals surface area contributed by atoms with Gasteiger partial charge in [0, 0.05) is 18.4 Å². The van der Waals surface area contributed by atoms with E-state index in [1.165, 1.54) is 13.4 Å². The lowest BCUT2D eigenvalue weighted by Gasteiger charge is -2.59. The molecule has 2 fully saturated rings. The molecule has 1 aliphatic heterocycles. The molecule has 1 aromatic carbocycles. The molecule has 1 saturated heterocycles. The number of methoxy groups -OCH3 is 1. The predicted octanol–water partition coefficient (Wildman–Crippen LogP) is 0.649. The zero-order valence-corrected chi connectivity index (χ0v) is 20.4. The largest absolute Gasteiger partial charge is 0.490 e. The second-order valence-corrected chi connectivity index (χ2v) is 9.33. The Morgan fingerprint density at radius 1 is 1.25 bits per heavy atom. The maximum Gasteiger partial charge on any atom is 0.306 e. The lowest BCUT2D eigenvalue weighted by atomic mass is 9.61. The van der Waals surface area contributed by atoms with Crippen molar-refractivity contribution in [2.45, 2.75) is 68.7 Å². The molecule has 1 saturated carbocycles. The van der Waals surface area contributed by atoms with Gasteiger partial charge in [-0.15, -0.1) is 0 Å². The van der Waals surface area contributed by atoms with Crippen molar-refractivity contribution < 1.29 is 53.7 Å². The summed E-state index contributed by atoms with van der Waals surface area (Å²) in [6, 6.07) is 3.48. The number of rotatable bonds is 10. The Morgan fingerprint density at radius 2 is 2.03 bits per heavy atom. The van der Waals surface area contributed by atoms with Crippen molar-refractivity contribution in [1.29, 1.82) is 0 Å². The SMILES string of the molecule is CCOC(=O)CCc1cc2ccoc2c(OC)c1O[C@@H]1O[C@H](CO)[C@]2(O)CC[C@@H](CCO)[C@@]1(O)[C@H]2O. The van der Waals surface area contributed by atoms with Crippen LogP contribution in [-0.2, 0) is 20.7 Å². The van der Waals surface area contributed by atoms with Crippen LogP contribution in [-0.4, -0.2) is 88.1 Å². The Bertz CT molecular complexity index is 1070. The van der Waals surface area contributed by atoms with Crippen LogP contribution in [0.25, 0.3) is 11.0 Å². The van der Waals surface area contributed by atoms with Crippen LogP contribution in [0.5, 0.6) is 11.5 Å². The number of aliphatic hydroxyl groups excluding tert-OH is 3. The summed E-state index contributed by atoms with van der Waals surface area (Å²) in [5.41, 5.74) is -3.13. The molecule has 36 heavy (non-hydrogen) atoms. The highest BCUT2D eigenvalue weighted by Crippen LogP contribution is 2.51. The molecule has 200 valence electrons. The quantitative estimate of drug-likeness (QED) is 0.285. The van der Waals surface area contributed by atoms with Crippen molar-refractivity contribution in [2.24, 2.45) is 5.92 Å². The van der Waals surface area contributed by atoms with Crippen LogP contribution in [0.2, 0.25) is 0 Å². The fraction of sp³-hybridized carbons (Fsp3) is 0.640. The van der Waals surface area contributed by atoms with Gasteiger partial charge in [0.05, 0.1) is 26.6 Å². The monoisotopic (exact) mass is 510 g/mol. The van der Waals surface area contributed by atoms with Gasteiger partial charge in [0.25, 0.3) is 0 Å². The molecule has 0 radical (unpaired) electrons. The summed E-state index contributed by atoms with van der Waals surface area (Å²) in [5, 5.41) is 54.3. The molecule has 2 heterocycles. The maximum atomic E-state index is 12.1. The smallest absolute Gasteiger partial charge is 0.306 e. The summed E-state index contributed by atoms with van der Waals surface area (Å²) in [4.78, 5) is 12.1. The Balaban J connectivity index is 1.78. The van der Waals surface area contributed by atoms with Crippen molar-refractivity contribution in [3.8, 4) is 11.5 Å². The van der Waals surface area contributed by atoms with Crippen LogP contribution in [0.3, 0.4) is 0 Å². The van der Waals surface area contributed by atoms with Crippen LogP contribution in [0.1, 0.15) is 38.2 Å². The van der Waals surface area contributed by atoms with Gasteiger partial charge in [0.1, 0.15) is 17.8 Å². The summed E-state index contributed by atoms with van der Waals surface area (Å²) in [6.45, 7) is 1.06. The minimum atomic E-state index is -2.12. The number of carbonyl (C=O) groups is 1. The number of benzene rings is 1. The van der Waals surface area contributed by atoms with E-state index < -0.39 is 48.2 Å². The fourth-order valence-electron chi connectivity index (χ4n) is 5.48. The highest BCUT2D eigenvalue weighted by molar-refractivity contribution is 5.87. The van der Waals surface area contributed by atoms with Crippen molar-refractivity contribution in [3.05, 3.63) is 24.0 Å². The number of fused-ring (bicyclic) bond motifs is 3. The van der Waals surface area contributed by atoms with Gasteiger partial charge < -0.3 is 48.9 Å². The highest BCUT2D eigenvalue weighted by Gasteiger charge is 2.68. The van der Waals surface area contributed by atoms with Gasteiger partial charge in [-0.05, 0) is 56.2 Å². The second kappa shape index (κ2) is 10.5. The molecule has 0 amide bonds. The lowest BCUT2D eigenvalue weighted by Crippen LogP contribution is -2.78. The summed E-state index contributed by atoms with van der Waals surface area (Å²) < 4.78 is 28.3. The minimum Gasteiger partial charge on any atom is -0.490 e. The van der Waals surface area contributed by atoms with Gasteiger partial charge in [-0.3, -0.25) is 4.79 Å². The third kappa shape index (κ3) is 4.33. The Hall–Kier alpha value is -2.41. The zero-order chi connectivity index (χ0) is 26.1. The van der Waals surface area contributed by atoms with E-state index in [9.17, 15) is 30.3 Å². The summed E-state index contributed by atoms with van der Waals surface area (Å²) in [7, 11) is 1.41. The topological polar surface area (TPSA) is 168 Å². The molecular formula is C25H34O11. The number of carbonyl (C=O) groups excluding carboxylic acids is 1. The number of ether oxygens (including phenoxy) is 4. The molecule has 1 aliphatic carbocycles. The van der Waals surface area contributed by atoms with E-state index in [4.69, 9.17) is 23.4 Å². The Labute approximate surface area is 208 Å². The fourth-order valence-corrected chi connectivity index (χ4v) is 5.48. The van der Waals surface area contributed by atoms with Crippen LogP contribution < -0.4 is 9.47 Å². The number of furan rings is 1. The van der Waals surface area contributed by atoms with Gasteiger partial charge in [-0.2, -0.15) is 0 Å². The standard InChI is InChI=1S/C25H34O11/c1-3-33-18(28)5-4-14-12-15-8-11-34-19(15)21(32-2)20(14)36-23-25(31)16(7-10-26)6-9-24(30,22(25)29)17(13-27)35-23/h8,11-12,16-17,22-23,26-27,29-31H,3-7,9-10,13H2,1-2H3/t16-,17+,22-,23-,24+,25+/m0/s1. The summed E-state index contributed by atoms with van der Waals surface area (Å²) in [5.74, 6) is -0.776. The highest BCUT2D eigenvalue weighted by atomic mass is 16.7. The Kier molecular flexibility index (Phi) is 7.79. The molecule has 2 bridgehead atoms. The van der Waals surface area contributed by atoms with Crippen molar-refractivity contribution in [2.75, 3.05) is 26.9 Å². The molecular weight excluding hydrogens is 476 g/mol. The molecule has 0 unspecified atom stereocenters. The Morgan fingerprint density at radius 3 is 2.69 bits per heavy atom. The number of esters is 1. The number of aliphatic hydroxyl groups is 5. The first-order valence-corrected chi connectivity index (χ1v) is 12.1. The number of hydrogen-bond acceptors (Lipinski definition) is 11. The predicted molar refractivity (Wildman–Crippen MR) is 124 cm³/mol. The molecule has 2 aliphatic rings. The average Bonchev–Trinajstić information content (AvgIpc) is 3.33. The number of hydrogen-bond donors (Lipinski definition) is 5. The van der Waals surface area contributed by atoms with E-state index in [0.717, 1.165) is 0 Å². The first-order valence-electron chi connectivity index (χ1n) is 12.1. The lowest BCUT2D eigenvalue weighted by molar-refractivity contribution is -0.380. The minimum absolute atomic E-state index is 0.0429. The first kappa shape index (κ1) is 26.6. The van der Waals surface area contributed by atoms with Gasteiger partial charge in [-0.1, -0.05) is 0 Å². The van der Waals surface area contributed by atoms with Crippen molar-refractivity contribution >= 4 is 16.9 Å². The zero-order valence-electron chi connectivity index (χ0n) is 20.4. The van der Waals surface area contributed by atoms with Crippen LogP contribution >= 0.6 is 0 Å². The van der Waals surface area contributed by atoms with Gasteiger partial charge in [-0.25, -0.2) is 0 Å². The second-order valence-electron chi connectivity index (χ2n) is 9.33. The van der Waals surface area contributed by atoms with E-state index in [-0.39, 0.29) is 56.8 Å². The molecule has 6 atom stereocenters. The molecule has 2 aromatic rings. The van der Waals surface area contributed by atoms with E-state index in [0.29, 0.717) is 16.5 Å². The summed E-state index contributed by atoms with van der Waals surface area (Å²) in [6.07, 6.45) is -2.36. The van der Waals surface area contributed by atoms with Crippen LogP contribution in [0.15, 0.2) is 22.8 Å². The third-order valence-corrected chi connectivity index (χ3v) is 7.39. The molecule has 11 nitrogen and oxygen atoms in total. The summed E-state index contributed by atoms with van der Waals surface area (Å²) >= 11 is 0. The normalized spacial score (nSPS) is 31.9. The van der Waals surface area contributed by atoms with Crippen molar-refractivity contribution in [1.82, 2.24) is 0 Å².